The van der Waals surface area contributed by atoms with Gasteiger partial charge in [0.25, 0.3) is 0 Å². The molecule has 0 heterocycles. The highest BCUT2D eigenvalue weighted by molar-refractivity contribution is 5.96. The number of rotatable bonds is 6. The fraction of sp³-hybridized carbons (Fsp3) is 0.167. The molecule has 78 valence electrons. The second-order valence-corrected chi connectivity index (χ2v) is 2.87. The summed E-state index contributed by atoms with van der Waals surface area (Å²) < 4.78 is 5.06. The second kappa shape index (κ2) is 6.68. The van der Waals surface area contributed by atoms with E-state index in [1.165, 1.54) is 6.08 Å². The molecule has 0 spiro atoms. The van der Waals surface area contributed by atoms with E-state index in [0.717, 1.165) is 0 Å². The van der Waals surface area contributed by atoms with Gasteiger partial charge in [-0.2, -0.15) is 0 Å². The molecule has 1 aromatic carbocycles. The van der Waals surface area contributed by atoms with Crippen molar-refractivity contribution in [2.45, 2.75) is 0 Å². The van der Waals surface area contributed by atoms with Crippen LogP contribution in [0.25, 0.3) is 0 Å². The Morgan fingerprint density at radius 2 is 2.00 bits per heavy atom. The van der Waals surface area contributed by atoms with Crippen molar-refractivity contribution in [1.29, 1.82) is 0 Å². The van der Waals surface area contributed by atoms with Crippen LogP contribution < -0.4 is 0 Å². The Kier molecular flexibility index (Phi) is 5.04. The number of allylic oxidation sites excluding steroid dienone is 1. The molecule has 0 aliphatic rings. The van der Waals surface area contributed by atoms with Crippen LogP contribution in [0.2, 0.25) is 0 Å². The van der Waals surface area contributed by atoms with Crippen LogP contribution in [0.4, 0.5) is 0 Å². The number of ketones is 1. The molecule has 0 bridgehead atoms. The van der Waals surface area contributed by atoms with Gasteiger partial charge in [-0.25, -0.2) is 0 Å². The lowest BCUT2D eigenvalue weighted by Gasteiger charge is -2.00. The number of ether oxygens (including phenoxy) is 1. The zero-order chi connectivity index (χ0) is 10.9. The summed E-state index contributed by atoms with van der Waals surface area (Å²) in [5, 5.41) is 0. The number of aldehydes is 1. The molecule has 0 saturated carbocycles. The topological polar surface area (TPSA) is 43.4 Å². The first-order chi connectivity index (χ1) is 7.34. The normalized spacial score (nSPS) is 10.4. The third-order valence-corrected chi connectivity index (χ3v) is 1.76. The van der Waals surface area contributed by atoms with Gasteiger partial charge in [0.1, 0.15) is 12.9 Å². The average Bonchev–Trinajstić information content (AvgIpc) is 2.30. The summed E-state index contributed by atoms with van der Waals surface area (Å²) in [5.41, 5.74) is 0.636. The zero-order valence-electron chi connectivity index (χ0n) is 8.26. The minimum Gasteiger partial charge on any atom is -0.369 e. The highest BCUT2D eigenvalue weighted by Crippen LogP contribution is 1.99. The van der Waals surface area contributed by atoms with Crippen LogP contribution in [-0.4, -0.2) is 25.3 Å². The van der Waals surface area contributed by atoms with E-state index in [1.807, 2.05) is 6.07 Å². The molecule has 0 unspecified atom stereocenters. The molecule has 3 nitrogen and oxygen atoms in total. The lowest BCUT2D eigenvalue weighted by molar-refractivity contribution is -0.104. The largest absolute Gasteiger partial charge is 0.369 e. The molecule has 3 heteroatoms. The van der Waals surface area contributed by atoms with E-state index in [4.69, 9.17) is 4.74 Å². The van der Waals surface area contributed by atoms with E-state index in [1.54, 1.807) is 30.3 Å². The van der Waals surface area contributed by atoms with Crippen molar-refractivity contribution in [1.82, 2.24) is 0 Å². The van der Waals surface area contributed by atoms with E-state index in [-0.39, 0.29) is 19.0 Å². The monoisotopic (exact) mass is 204 g/mol. The van der Waals surface area contributed by atoms with Crippen molar-refractivity contribution in [3.8, 4) is 0 Å². The van der Waals surface area contributed by atoms with Crippen molar-refractivity contribution in [3.05, 3.63) is 48.0 Å². The van der Waals surface area contributed by atoms with Crippen LogP contribution in [0.3, 0.4) is 0 Å². The number of benzene rings is 1. The van der Waals surface area contributed by atoms with Crippen LogP contribution in [0.1, 0.15) is 10.4 Å². The van der Waals surface area contributed by atoms with Gasteiger partial charge in [-0.1, -0.05) is 36.4 Å². The number of carbonyl (C=O) groups is 2. The SMILES string of the molecule is O=C/C=C/COCC(=O)c1ccccc1. The summed E-state index contributed by atoms with van der Waals surface area (Å²) in [7, 11) is 0. The molecule has 0 aromatic heterocycles. The van der Waals surface area contributed by atoms with Crippen molar-refractivity contribution < 1.29 is 14.3 Å². The Hall–Kier alpha value is -1.74. The van der Waals surface area contributed by atoms with Gasteiger partial charge >= 0.3 is 0 Å². The number of carbonyl (C=O) groups excluding carboxylic acids is 2. The molecule has 0 saturated heterocycles. The van der Waals surface area contributed by atoms with Crippen molar-refractivity contribution in [3.63, 3.8) is 0 Å². The summed E-state index contributed by atoms with van der Waals surface area (Å²) in [6.45, 7) is 0.310. The predicted octanol–water partition coefficient (Wildman–Crippen LogP) is 1.64. The molecular formula is C12H12O3. The fourth-order valence-corrected chi connectivity index (χ4v) is 1.04. The number of hydrogen-bond donors (Lipinski definition) is 0. The lowest BCUT2D eigenvalue weighted by Crippen LogP contribution is -2.08. The maximum Gasteiger partial charge on any atom is 0.188 e. The molecule has 0 aliphatic heterocycles. The van der Waals surface area contributed by atoms with Gasteiger partial charge in [0.15, 0.2) is 5.78 Å². The Labute approximate surface area is 88.4 Å². The molecule has 0 amide bonds. The van der Waals surface area contributed by atoms with Crippen molar-refractivity contribution >= 4 is 12.1 Å². The molecule has 1 rings (SSSR count). The minimum atomic E-state index is -0.0601. The minimum absolute atomic E-state index is 0.0349. The van der Waals surface area contributed by atoms with Gasteiger partial charge in [-0.15, -0.1) is 0 Å². The van der Waals surface area contributed by atoms with E-state index >= 15 is 0 Å². The van der Waals surface area contributed by atoms with Crippen molar-refractivity contribution in [2.24, 2.45) is 0 Å². The van der Waals surface area contributed by atoms with Gasteiger partial charge in [-0.3, -0.25) is 9.59 Å². The van der Waals surface area contributed by atoms with Crippen LogP contribution in [-0.2, 0) is 9.53 Å². The first-order valence-electron chi connectivity index (χ1n) is 4.61. The van der Waals surface area contributed by atoms with Crippen molar-refractivity contribution in [2.75, 3.05) is 13.2 Å². The first kappa shape index (κ1) is 11.3. The zero-order valence-corrected chi connectivity index (χ0v) is 8.26. The van der Waals surface area contributed by atoms with Crippen LogP contribution in [0.5, 0.6) is 0 Å². The third kappa shape index (κ3) is 4.33. The highest BCUT2D eigenvalue weighted by atomic mass is 16.5. The average molecular weight is 204 g/mol. The fourth-order valence-electron chi connectivity index (χ4n) is 1.04. The second-order valence-electron chi connectivity index (χ2n) is 2.87. The molecule has 0 N–H and O–H groups in total. The van der Waals surface area contributed by atoms with Gasteiger partial charge in [0.05, 0.1) is 6.61 Å². The van der Waals surface area contributed by atoms with E-state index in [9.17, 15) is 9.59 Å². The maximum atomic E-state index is 11.5. The molecule has 0 atom stereocenters. The Morgan fingerprint density at radius 3 is 2.67 bits per heavy atom. The summed E-state index contributed by atoms with van der Waals surface area (Å²) in [6.07, 6.45) is 3.57. The Bertz CT molecular complexity index is 341. The molecule has 0 fully saturated rings. The van der Waals surface area contributed by atoms with E-state index in [0.29, 0.717) is 11.8 Å². The molecular weight excluding hydrogens is 192 g/mol. The molecule has 0 aliphatic carbocycles. The predicted molar refractivity (Wildman–Crippen MR) is 56.8 cm³/mol. The summed E-state index contributed by atoms with van der Waals surface area (Å²) in [5.74, 6) is -0.0601. The van der Waals surface area contributed by atoms with Crippen LogP contribution in [0, 0.1) is 0 Å². The lowest BCUT2D eigenvalue weighted by atomic mass is 10.1. The van der Waals surface area contributed by atoms with Crippen LogP contribution >= 0.6 is 0 Å². The summed E-state index contributed by atoms with van der Waals surface area (Å²) in [4.78, 5) is 21.4. The van der Waals surface area contributed by atoms with Gasteiger partial charge in [0, 0.05) is 5.56 Å². The quantitative estimate of drug-likeness (QED) is 0.306. The molecule has 15 heavy (non-hydrogen) atoms. The van der Waals surface area contributed by atoms with Gasteiger partial charge < -0.3 is 4.74 Å². The Balaban J connectivity index is 2.31. The first-order valence-corrected chi connectivity index (χ1v) is 4.61. The number of hydrogen-bond acceptors (Lipinski definition) is 3. The third-order valence-electron chi connectivity index (χ3n) is 1.76. The Morgan fingerprint density at radius 1 is 1.27 bits per heavy atom. The number of Topliss-reactive ketones (excluding diaryl/α,β-unsaturated/α-hetero) is 1. The summed E-state index contributed by atoms with van der Waals surface area (Å²) >= 11 is 0. The van der Waals surface area contributed by atoms with Gasteiger partial charge in [-0.05, 0) is 6.08 Å². The highest BCUT2D eigenvalue weighted by Gasteiger charge is 2.03. The molecule has 1 aromatic rings. The standard InChI is InChI=1S/C12H12O3/c13-8-4-5-9-15-10-12(14)11-6-2-1-3-7-11/h1-8H,9-10H2/b5-4+. The van der Waals surface area contributed by atoms with Crippen LogP contribution in [0.15, 0.2) is 42.5 Å². The van der Waals surface area contributed by atoms with E-state index in [2.05, 4.69) is 0 Å². The smallest absolute Gasteiger partial charge is 0.188 e. The van der Waals surface area contributed by atoms with Gasteiger partial charge in [0.2, 0.25) is 0 Å². The molecule has 0 radical (unpaired) electrons. The summed E-state index contributed by atoms with van der Waals surface area (Å²) in [6, 6.07) is 8.95. The maximum absolute atomic E-state index is 11.5. The van der Waals surface area contributed by atoms with E-state index < -0.39 is 0 Å².